The molecule has 0 radical (unpaired) electrons. The Kier molecular flexibility index (Phi) is 5.29. The molecule has 4 N–H and O–H groups in total. The number of nitrogens with one attached hydrogen (secondary N) is 1. The molecule has 1 aromatic heterocycles. The lowest BCUT2D eigenvalue weighted by Gasteiger charge is -2.15. The molecule has 1 heterocycles. The predicted molar refractivity (Wildman–Crippen MR) is 81.4 cm³/mol. The monoisotopic (exact) mass is 353 g/mol. The van der Waals surface area contributed by atoms with Crippen LogP contribution in [0.2, 0.25) is 0 Å². The first-order valence-electron chi connectivity index (χ1n) is 6.43. The number of amides is 1. The van der Waals surface area contributed by atoms with Crippen molar-refractivity contribution < 1.29 is 9.90 Å². The minimum Gasteiger partial charge on any atom is -0.396 e. The molecule has 1 unspecified atom stereocenters. The minimum absolute atomic E-state index is 0.0731. The van der Waals surface area contributed by atoms with E-state index in [1.54, 1.807) is 10.9 Å². The fourth-order valence-electron chi connectivity index (χ4n) is 1.81. The maximum Gasteiger partial charge on any atom is 0.246 e. The average Bonchev–Trinajstić information content (AvgIpc) is 2.92. The first kappa shape index (κ1) is 15.5. The number of hydrogen-bond donors (Lipinski definition) is 3. The number of anilines is 1. The summed E-state index contributed by atoms with van der Waals surface area (Å²) in [5, 5.41) is 19.7. The molecule has 1 atom stereocenters. The Labute approximate surface area is 130 Å². The maximum absolute atomic E-state index is 11.7. The third-order valence-corrected chi connectivity index (χ3v) is 3.55. The number of carbonyl (C=O) groups is 1. The fraction of sp³-hybridized carbons (Fsp3) is 0.308. The van der Waals surface area contributed by atoms with Crippen LogP contribution in [0.25, 0.3) is 0 Å². The lowest BCUT2D eigenvalue weighted by molar-refractivity contribution is -0.118. The third-order valence-electron chi connectivity index (χ3n) is 2.86. The molecule has 8 heteroatoms. The Balaban J connectivity index is 2.17. The average molecular weight is 354 g/mol. The summed E-state index contributed by atoms with van der Waals surface area (Å²) in [5.74, 6) is -0.542. The molecule has 21 heavy (non-hydrogen) atoms. The Morgan fingerprint density at radius 2 is 2.24 bits per heavy atom. The van der Waals surface area contributed by atoms with E-state index < -0.39 is 11.9 Å². The number of hydrogen-bond acceptors (Lipinski definition) is 5. The molecule has 0 bridgehead atoms. The van der Waals surface area contributed by atoms with E-state index in [0.717, 1.165) is 10.2 Å². The van der Waals surface area contributed by atoms with Gasteiger partial charge in [-0.2, -0.15) is 0 Å². The van der Waals surface area contributed by atoms with Gasteiger partial charge in [-0.3, -0.25) is 9.48 Å². The molecule has 1 amide bonds. The van der Waals surface area contributed by atoms with Crippen molar-refractivity contribution in [2.45, 2.75) is 19.0 Å². The number of para-hydroxylation sites is 1. The van der Waals surface area contributed by atoms with Crippen LogP contribution in [-0.4, -0.2) is 32.6 Å². The Hall–Kier alpha value is -1.93. The summed E-state index contributed by atoms with van der Waals surface area (Å²) in [6.45, 7) is 0.605. The van der Waals surface area contributed by atoms with Crippen molar-refractivity contribution in [1.29, 1.82) is 0 Å². The molecule has 1 aromatic carbocycles. The summed E-state index contributed by atoms with van der Waals surface area (Å²) in [6, 6.07) is 6.64. The smallest absolute Gasteiger partial charge is 0.246 e. The lowest BCUT2D eigenvalue weighted by Crippen LogP contribution is -2.28. The summed E-state index contributed by atoms with van der Waals surface area (Å²) >= 11 is 3.40. The van der Waals surface area contributed by atoms with E-state index >= 15 is 0 Å². The van der Waals surface area contributed by atoms with Crippen LogP contribution in [0.15, 0.2) is 34.9 Å². The van der Waals surface area contributed by atoms with Crippen molar-refractivity contribution in [3.63, 3.8) is 0 Å². The van der Waals surface area contributed by atoms with E-state index in [0.29, 0.717) is 18.7 Å². The van der Waals surface area contributed by atoms with Gasteiger partial charge in [0.25, 0.3) is 0 Å². The Bertz CT molecular complexity index is 616. The van der Waals surface area contributed by atoms with Crippen molar-refractivity contribution in [3.8, 4) is 0 Å². The van der Waals surface area contributed by atoms with Crippen LogP contribution >= 0.6 is 15.9 Å². The van der Waals surface area contributed by atoms with E-state index in [2.05, 4.69) is 31.6 Å². The lowest BCUT2D eigenvalue weighted by atomic mass is 10.2. The van der Waals surface area contributed by atoms with Gasteiger partial charge in [0.05, 0.1) is 6.20 Å². The van der Waals surface area contributed by atoms with Gasteiger partial charge in [0, 0.05) is 23.3 Å². The molecule has 0 aliphatic carbocycles. The predicted octanol–water partition coefficient (Wildman–Crippen LogP) is 1.06. The highest BCUT2D eigenvalue weighted by molar-refractivity contribution is 9.10. The number of aliphatic hydroxyl groups excluding tert-OH is 1. The van der Waals surface area contributed by atoms with Crippen LogP contribution in [0, 0.1) is 0 Å². The zero-order valence-corrected chi connectivity index (χ0v) is 12.8. The van der Waals surface area contributed by atoms with E-state index in [4.69, 9.17) is 10.8 Å². The summed E-state index contributed by atoms with van der Waals surface area (Å²) in [5.41, 5.74) is 6.63. The highest BCUT2D eigenvalue weighted by Gasteiger charge is 2.22. The first-order valence-corrected chi connectivity index (χ1v) is 7.22. The number of nitrogens with two attached hydrogens (primary N) is 1. The van der Waals surface area contributed by atoms with Gasteiger partial charge in [-0.1, -0.05) is 17.3 Å². The van der Waals surface area contributed by atoms with E-state index in [9.17, 15) is 4.79 Å². The van der Waals surface area contributed by atoms with Gasteiger partial charge in [-0.25, -0.2) is 0 Å². The SMILES string of the molecule is NC(=O)C(Nc1ccccc1Br)c1cn(CCCO)nn1. The number of primary amides is 1. The minimum atomic E-state index is -0.772. The summed E-state index contributed by atoms with van der Waals surface area (Å²) in [4.78, 5) is 11.7. The summed E-state index contributed by atoms with van der Waals surface area (Å²) in [6.07, 6.45) is 2.22. The van der Waals surface area contributed by atoms with E-state index in [1.807, 2.05) is 24.3 Å². The standard InChI is InChI=1S/C13H16BrN5O2/c14-9-4-1-2-5-10(9)16-12(13(15)21)11-8-19(18-17-11)6-3-7-20/h1-2,4-5,8,12,16,20H,3,6-7H2,(H2,15,21). The zero-order valence-electron chi connectivity index (χ0n) is 11.2. The first-order chi connectivity index (χ1) is 10.1. The van der Waals surface area contributed by atoms with Gasteiger partial charge in [0.2, 0.25) is 5.91 Å². The second-order valence-electron chi connectivity index (χ2n) is 4.44. The number of rotatable bonds is 7. The number of benzene rings is 1. The van der Waals surface area contributed by atoms with Crippen LogP contribution in [0.1, 0.15) is 18.2 Å². The quantitative estimate of drug-likeness (QED) is 0.690. The van der Waals surface area contributed by atoms with Crippen molar-refractivity contribution in [2.24, 2.45) is 5.73 Å². The Morgan fingerprint density at radius 1 is 1.48 bits per heavy atom. The molecule has 0 saturated carbocycles. The van der Waals surface area contributed by atoms with E-state index in [-0.39, 0.29) is 6.61 Å². The van der Waals surface area contributed by atoms with Gasteiger partial charge in [-0.15, -0.1) is 5.10 Å². The zero-order chi connectivity index (χ0) is 15.2. The number of aromatic nitrogens is 3. The molecular formula is C13H16BrN5O2. The van der Waals surface area contributed by atoms with Crippen LogP contribution < -0.4 is 11.1 Å². The molecule has 0 aliphatic rings. The molecule has 0 aliphatic heterocycles. The molecule has 2 rings (SSSR count). The topological polar surface area (TPSA) is 106 Å². The number of carbonyl (C=O) groups excluding carboxylic acids is 1. The van der Waals surface area contributed by atoms with Crippen LogP contribution in [0.5, 0.6) is 0 Å². The number of halogens is 1. The van der Waals surface area contributed by atoms with E-state index in [1.165, 1.54) is 0 Å². The van der Waals surface area contributed by atoms with Crippen molar-refractivity contribution in [2.75, 3.05) is 11.9 Å². The molecule has 0 spiro atoms. The van der Waals surface area contributed by atoms with Crippen molar-refractivity contribution in [3.05, 3.63) is 40.6 Å². The number of aryl methyl sites for hydroxylation is 1. The largest absolute Gasteiger partial charge is 0.396 e. The summed E-state index contributed by atoms with van der Waals surface area (Å²) < 4.78 is 2.40. The number of aliphatic hydroxyl groups is 1. The third kappa shape index (κ3) is 4.02. The molecule has 112 valence electrons. The Morgan fingerprint density at radius 3 is 2.90 bits per heavy atom. The summed E-state index contributed by atoms with van der Waals surface area (Å²) in [7, 11) is 0. The second kappa shape index (κ2) is 7.19. The van der Waals surface area contributed by atoms with Crippen molar-refractivity contribution in [1.82, 2.24) is 15.0 Å². The van der Waals surface area contributed by atoms with Crippen LogP contribution in [-0.2, 0) is 11.3 Å². The highest BCUT2D eigenvalue weighted by atomic mass is 79.9. The molecular weight excluding hydrogens is 338 g/mol. The number of nitrogens with zero attached hydrogens (tertiary/aromatic N) is 3. The molecule has 0 fully saturated rings. The van der Waals surface area contributed by atoms with Gasteiger partial charge in [-0.05, 0) is 34.5 Å². The molecule has 0 saturated heterocycles. The second-order valence-corrected chi connectivity index (χ2v) is 5.30. The highest BCUT2D eigenvalue weighted by Crippen LogP contribution is 2.25. The maximum atomic E-state index is 11.7. The molecule has 7 nitrogen and oxygen atoms in total. The van der Waals surface area contributed by atoms with Crippen LogP contribution in [0.4, 0.5) is 5.69 Å². The van der Waals surface area contributed by atoms with Crippen molar-refractivity contribution >= 4 is 27.5 Å². The van der Waals surface area contributed by atoms with Gasteiger partial charge >= 0.3 is 0 Å². The van der Waals surface area contributed by atoms with Gasteiger partial charge in [0.1, 0.15) is 5.69 Å². The normalized spacial score (nSPS) is 12.1. The molecule has 2 aromatic rings. The van der Waals surface area contributed by atoms with Gasteiger partial charge < -0.3 is 16.2 Å². The fourth-order valence-corrected chi connectivity index (χ4v) is 2.21. The van der Waals surface area contributed by atoms with Crippen LogP contribution in [0.3, 0.4) is 0 Å². The van der Waals surface area contributed by atoms with Gasteiger partial charge in [0.15, 0.2) is 6.04 Å².